The number of ketones is 1. The van der Waals surface area contributed by atoms with Crippen molar-refractivity contribution in [3.05, 3.63) is 78.0 Å². The number of aromatic nitrogens is 4. The first-order valence-corrected chi connectivity index (χ1v) is 11.8. The smallest absolute Gasteiger partial charge is 0.316 e. The van der Waals surface area contributed by atoms with Gasteiger partial charge in [0.1, 0.15) is 11.5 Å². The first-order valence-electron chi connectivity index (χ1n) is 10.6. The molecule has 0 radical (unpaired) electrons. The zero-order chi connectivity index (χ0) is 24.1. The van der Waals surface area contributed by atoms with Gasteiger partial charge in [0, 0.05) is 29.6 Å². The molecular weight excluding hydrogens is 478 g/mol. The van der Waals surface area contributed by atoms with Crippen molar-refractivity contribution in [3.63, 3.8) is 0 Å². The number of imidazole rings is 1. The van der Waals surface area contributed by atoms with E-state index in [0.29, 0.717) is 21.2 Å². The largest absolute Gasteiger partial charge is 0.332 e. The van der Waals surface area contributed by atoms with Crippen molar-refractivity contribution in [1.82, 2.24) is 18.7 Å². The second kappa shape index (κ2) is 8.37. The number of nitrogens with one attached hydrogen (secondary N) is 1. The molecule has 0 bridgehead atoms. The second-order valence-electron chi connectivity index (χ2n) is 8.20. The summed E-state index contributed by atoms with van der Waals surface area (Å²) in [5.41, 5.74) is 1.33. The summed E-state index contributed by atoms with van der Waals surface area (Å²) in [6.45, 7) is -0.193. The third-order valence-electron chi connectivity index (χ3n) is 6.04. The zero-order valence-electron chi connectivity index (χ0n) is 18.4. The monoisotopic (exact) mass is 497 g/mol. The van der Waals surface area contributed by atoms with Crippen molar-refractivity contribution in [2.75, 3.05) is 5.32 Å². The number of fused-ring (bicyclic) bond motifs is 2. The molecule has 1 aliphatic carbocycles. The van der Waals surface area contributed by atoms with E-state index in [4.69, 9.17) is 11.6 Å². The molecule has 11 heteroatoms. The first kappa shape index (κ1) is 22.3. The van der Waals surface area contributed by atoms with Crippen LogP contribution in [0.25, 0.3) is 11.2 Å². The van der Waals surface area contributed by atoms with Crippen molar-refractivity contribution >= 4 is 50.8 Å². The Morgan fingerprint density at radius 1 is 1.12 bits per heavy atom. The van der Waals surface area contributed by atoms with Crippen LogP contribution in [-0.2, 0) is 38.3 Å². The van der Waals surface area contributed by atoms with E-state index in [1.807, 2.05) is 0 Å². The number of hydrogen-bond donors (Lipinski definition) is 1. The van der Waals surface area contributed by atoms with Gasteiger partial charge in [-0.3, -0.25) is 23.5 Å². The van der Waals surface area contributed by atoms with Crippen LogP contribution in [0.2, 0.25) is 5.02 Å². The molecule has 1 aliphatic rings. The van der Waals surface area contributed by atoms with Crippen molar-refractivity contribution in [2.24, 2.45) is 14.1 Å². The van der Waals surface area contributed by atoms with Gasteiger partial charge in [0.2, 0.25) is 5.91 Å². The zero-order valence-corrected chi connectivity index (χ0v) is 20.0. The van der Waals surface area contributed by atoms with E-state index in [-0.39, 0.29) is 23.5 Å². The number of benzene rings is 1. The van der Waals surface area contributed by atoms with Gasteiger partial charge in [-0.25, -0.2) is 9.78 Å². The number of rotatable bonds is 5. The quantitative estimate of drug-likeness (QED) is 0.426. The lowest BCUT2D eigenvalue weighted by Gasteiger charge is -2.10. The predicted octanol–water partition coefficient (Wildman–Crippen LogP) is 2.51. The summed E-state index contributed by atoms with van der Waals surface area (Å²) in [6.07, 6.45) is 3.98. The standard InChI is InChI=1S/C23H20ClN5O4S/c1-27-20-18(22(32)28(2)23(27)33)29(11-25-20)10-16(30)26-21-17(14-4-3-5-15(14)34-21)19(31)12-6-8-13(24)9-7-12/h6-9,11H,3-5,10H2,1-2H3,(H,26,30). The van der Waals surface area contributed by atoms with Crippen LogP contribution in [-0.4, -0.2) is 30.4 Å². The van der Waals surface area contributed by atoms with Gasteiger partial charge in [0.05, 0.1) is 11.9 Å². The maximum atomic E-state index is 13.3. The Morgan fingerprint density at radius 2 is 1.85 bits per heavy atom. The van der Waals surface area contributed by atoms with E-state index in [9.17, 15) is 19.2 Å². The lowest BCUT2D eigenvalue weighted by molar-refractivity contribution is -0.116. The van der Waals surface area contributed by atoms with E-state index in [1.54, 1.807) is 24.3 Å². The summed E-state index contributed by atoms with van der Waals surface area (Å²) in [4.78, 5) is 56.4. The minimum absolute atomic E-state index is 0.158. The Kier molecular flexibility index (Phi) is 5.49. The molecule has 0 aliphatic heterocycles. The minimum Gasteiger partial charge on any atom is -0.316 e. The molecule has 0 saturated carbocycles. The van der Waals surface area contributed by atoms with Gasteiger partial charge in [0.25, 0.3) is 5.56 Å². The van der Waals surface area contributed by atoms with Crippen LogP contribution >= 0.6 is 22.9 Å². The average Bonchev–Trinajstić information content (AvgIpc) is 3.51. The van der Waals surface area contributed by atoms with E-state index < -0.39 is 17.2 Å². The number of carbonyl (C=O) groups excluding carboxylic acids is 2. The fraction of sp³-hybridized carbons (Fsp3) is 0.261. The highest BCUT2D eigenvalue weighted by atomic mass is 35.5. The van der Waals surface area contributed by atoms with Gasteiger partial charge in [-0.1, -0.05) is 11.6 Å². The summed E-state index contributed by atoms with van der Waals surface area (Å²) in [7, 11) is 2.90. The molecule has 0 unspecified atom stereocenters. The van der Waals surface area contributed by atoms with E-state index >= 15 is 0 Å². The van der Waals surface area contributed by atoms with Gasteiger partial charge in [-0.05, 0) is 49.1 Å². The Hall–Kier alpha value is -3.50. The average molecular weight is 498 g/mol. The molecular formula is C23H20ClN5O4S. The number of halogens is 1. The van der Waals surface area contributed by atoms with Crippen LogP contribution in [0, 0.1) is 0 Å². The van der Waals surface area contributed by atoms with Gasteiger partial charge in [0.15, 0.2) is 16.9 Å². The van der Waals surface area contributed by atoms with Crippen molar-refractivity contribution in [2.45, 2.75) is 25.8 Å². The number of hydrogen-bond acceptors (Lipinski definition) is 6. The van der Waals surface area contributed by atoms with Gasteiger partial charge in [-0.2, -0.15) is 0 Å². The molecule has 174 valence electrons. The fourth-order valence-electron chi connectivity index (χ4n) is 4.32. The summed E-state index contributed by atoms with van der Waals surface area (Å²) >= 11 is 7.38. The van der Waals surface area contributed by atoms with Gasteiger partial charge in [-0.15, -0.1) is 11.3 Å². The highest BCUT2D eigenvalue weighted by Gasteiger charge is 2.28. The number of thiophene rings is 1. The molecule has 34 heavy (non-hydrogen) atoms. The molecule has 4 aromatic rings. The van der Waals surface area contributed by atoms with E-state index in [0.717, 1.165) is 34.3 Å². The molecule has 1 N–H and O–H groups in total. The number of nitrogens with zero attached hydrogens (tertiary/aromatic N) is 4. The van der Waals surface area contributed by atoms with E-state index in [1.165, 1.54) is 40.9 Å². The van der Waals surface area contributed by atoms with Crippen LogP contribution in [0.1, 0.15) is 32.8 Å². The minimum atomic E-state index is -0.530. The maximum absolute atomic E-state index is 13.3. The summed E-state index contributed by atoms with van der Waals surface area (Å²) in [5.74, 6) is -0.566. The number of carbonyl (C=O) groups is 2. The highest BCUT2D eigenvalue weighted by molar-refractivity contribution is 7.17. The molecule has 1 amide bonds. The molecule has 0 saturated heterocycles. The molecule has 3 heterocycles. The molecule has 3 aromatic heterocycles. The Balaban J connectivity index is 1.48. The Bertz CT molecular complexity index is 1590. The molecule has 1 aromatic carbocycles. The Morgan fingerprint density at radius 3 is 2.59 bits per heavy atom. The fourth-order valence-corrected chi connectivity index (χ4v) is 5.74. The lowest BCUT2D eigenvalue weighted by Crippen LogP contribution is -2.37. The molecule has 9 nitrogen and oxygen atoms in total. The number of anilines is 1. The molecule has 5 rings (SSSR count). The molecule has 0 fully saturated rings. The highest BCUT2D eigenvalue weighted by Crippen LogP contribution is 2.40. The lowest BCUT2D eigenvalue weighted by atomic mass is 10.0. The molecule has 0 atom stereocenters. The summed E-state index contributed by atoms with van der Waals surface area (Å²) in [5, 5.41) is 3.91. The SMILES string of the molecule is Cn1c(=O)c2c(ncn2CC(=O)Nc2sc3c(c2C(=O)c2ccc(Cl)cc2)CCC3)n(C)c1=O. The van der Waals surface area contributed by atoms with Crippen LogP contribution in [0.3, 0.4) is 0 Å². The van der Waals surface area contributed by atoms with Crippen molar-refractivity contribution < 1.29 is 9.59 Å². The number of amides is 1. The summed E-state index contributed by atoms with van der Waals surface area (Å²) in [6, 6.07) is 6.68. The first-order chi connectivity index (χ1) is 16.3. The second-order valence-corrected chi connectivity index (χ2v) is 9.74. The third kappa shape index (κ3) is 3.59. The van der Waals surface area contributed by atoms with Crippen molar-refractivity contribution in [1.29, 1.82) is 0 Å². The molecule has 0 spiro atoms. The van der Waals surface area contributed by atoms with Crippen molar-refractivity contribution in [3.8, 4) is 0 Å². The van der Waals surface area contributed by atoms with Crippen LogP contribution < -0.4 is 16.6 Å². The summed E-state index contributed by atoms with van der Waals surface area (Å²) < 4.78 is 3.65. The van der Waals surface area contributed by atoms with Gasteiger partial charge < -0.3 is 9.88 Å². The van der Waals surface area contributed by atoms with Gasteiger partial charge >= 0.3 is 5.69 Å². The van der Waals surface area contributed by atoms with E-state index in [2.05, 4.69) is 10.3 Å². The maximum Gasteiger partial charge on any atom is 0.332 e. The number of aryl methyl sites for hydroxylation is 2. The topological polar surface area (TPSA) is 108 Å². The third-order valence-corrected chi connectivity index (χ3v) is 7.50. The Labute approximate surface area is 202 Å². The normalized spacial score (nSPS) is 12.8. The van der Waals surface area contributed by atoms with Crippen LogP contribution in [0.4, 0.5) is 5.00 Å². The van der Waals surface area contributed by atoms with Crippen LogP contribution in [0.15, 0.2) is 40.2 Å². The predicted molar refractivity (Wildman–Crippen MR) is 130 cm³/mol. The van der Waals surface area contributed by atoms with Crippen LogP contribution in [0.5, 0.6) is 0 Å².